The number of hydrogen-bond acceptors (Lipinski definition) is 4. The van der Waals surface area contributed by atoms with Gasteiger partial charge < -0.3 is 10.5 Å². The second kappa shape index (κ2) is 6.60. The largest absolute Gasteiger partial charge is 0.491 e. The standard InChI is InChI=1S/C8H9BrN2O3.ClH/c9-7-2-1-6(11(12)13)5-8(7)14-4-3-10;/h1-2,5H,3-4,10H2;1H. The van der Waals surface area contributed by atoms with Crippen LogP contribution in [0.1, 0.15) is 0 Å². The highest BCUT2D eigenvalue weighted by Gasteiger charge is 2.09. The fraction of sp³-hybridized carbons (Fsp3) is 0.250. The number of non-ortho nitro benzene ring substituents is 1. The predicted octanol–water partition coefficient (Wildman–Crippen LogP) is 2.12. The molecule has 0 fully saturated rings. The lowest BCUT2D eigenvalue weighted by molar-refractivity contribution is -0.385. The van der Waals surface area contributed by atoms with Crippen molar-refractivity contribution in [1.82, 2.24) is 0 Å². The van der Waals surface area contributed by atoms with Gasteiger partial charge >= 0.3 is 0 Å². The fourth-order valence-corrected chi connectivity index (χ4v) is 1.25. The number of hydrogen-bond donors (Lipinski definition) is 1. The summed E-state index contributed by atoms with van der Waals surface area (Å²) in [5.41, 5.74) is 5.25. The van der Waals surface area contributed by atoms with Gasteiger partial charge in [-0.1, -0.05) is 0 Å². The Kier molecular flexibility index (Phi) is 6.23. The average molecular weight is 298 g/mol. The Labute approximate surface area is 101 Å². The van der Waals surface area contributed by atoms with Gasteiger partial charge in [-0.25, -0.2) is 0 Å². The number of rotatable bonds is 4. The van der Waals surface area contributed by atoms with Crippen molar-refractivity contribution < 1.29 is 9.66 Å². The van der Waals surface area contributed by atoms with Crippen LogP contribution in [0.25, 0.3) is 0 Å². The lowest BCUT2D eigenvalue weighted by Crippen LogP contribution is -2.10. The van der Waals surface area contributed by atoms with Gasteiger partial charge in [-0.15, -0.1) is 12.4 Å². The molecule has 15 heavy (non-hydrogen) atoms. The molecule has 84 valence electrons. The Bertz CT molecular complexity index is 349. The molecule has 1 aromatic carbocycles. The first-order valence-corrected chi connectivity index (χ1v) is 4.71. The third kappa shape index (κ3) is 4.03. The molecule has 0 aliphatic heterocycles. The van der Waals surface area contributed by atoms with E-state index in [0.29, 0.717) is 23.4 Å². The summed E-state index contributed by atoms with van der Waals surface area (Å²) in [5, 5.41) is 10.4. The summed E-state index contributed by atoms with van der Waals surface area (Å²) >= 11 is 3.22. The van der Waals surface area contributed by atoms with Crippen LogP contribution in [0, 0.1) is 10.1 Å². The van der Waals surface area contributed by atoms with Gasteiger partial charge in [0, 0.05) is 12.6 Å². The van der Waals surface area contributed by atoms with E-state index in [4.69, 9.17) is 10.5 Å². The lowest BCUT2D eigenvalue weighted by Gasteiger charge is -2.05. The van der Waals surface area contributed by atoms with Gasteiger partial charge in [0.1, 0.15) is 12.4 Å². The number of nitrogens with two attached hydrogens (primary N) is 1. The lowest BCUT2D eigenvalue weighted by atomic mass is 10.3. The van der Waals surface area contributed by atoms with E-state index in [9.17, 15) is 10.1 Å². The smallest absolute Gasteiger partial charge is 0.273 e. The Morgan fingerprint density at radius 2 is 2.20 bits per heavy atom. The summed E-state index contributed by atoms with van der Waals surface area (Å²) in [5.74, 6) is 0.435. The van der Waals surface area contributed by atoms with Gasteiger partial charge in [0.15, 0.2) is 0 Å². The van der Waals surface area contributed by atoms with Gasteiger partial charge in [0.05, 0.1) is 15.5 Å². The summed E-state index contributed by atoms with van der Waals surface area (Å²) in [7, 11) is 0. The maximum Gasteiger partial charge on any atom is 0.273 e. The Hall–Kier alpha value is -0.850. The number of benzene rings is 1. The van der Waals surface area contributed by atoms with E-state index in [2.05, 4.69) is 15.9 Å². The van der Waals surface area contributed by atoms with Crippen molar-refractivity contribution in [3.8, 4) is 5.75 Å². The van der Waals surface area contributed by atoms with Crippen LogP contribution in [0.15, 0.2) is 22.7 Å². The third-order valence-corrected chi connectivity index (χ3v) is 2.16. The highest BCUT2D eigenvalue weighted by molar-refractivity contribution is 9.10. The molecule has 0 heterocycles. The Morgan fingerprint density at radius 1 is 1.53 bits per heavy atom. The molecule has 0 radical (unpaired) electrons. The molecule has 1 rings (SSSR count). The number of ether oxygens (including phenoxy) is 1. The average Bonchev–Trinajstić information content (AvgIpc) is 2.16. The number of halogens is 2. The van der Waals surface area contributed by atoms with Crippen LogP contribution < -0.4 is 10.5 Å². The number of nitro benzene ring substituents is 1. The van der Waals surface area contributed by atoms with Gasteiger partial charge in [-0.3, -0.25) is 10.1 Å². The molecule has 2 N–H and O–H groups in total. The summed E-state index contributed by atoms with van der Waals surface area (Å²) in [6.45, 7) is 0.703. The SMILES string of the molecule is Cl.NCCOc1cc([N+](=O)[O-])ccc1Br. The van der Waals surface area contributed by atoms with Crippen molar-refractivity contribution in [2.75, 3.05) is 13.2 Å². The quantitative estimate of drug-likeness (QED) is 0.682. The summed E-state index contributed by atoms with van der Waals surface area (Å²) in [6.07, 6.45) is 0. The summed E-state index contributed by atoms with van der Waals surface area (Å²) < 4.78 is 5.88. The fourth-order valence-electron chi connectivity index (χ4n) is 0.885. The molecule has 0 aliphatic carbocycles. The molecule has 1 aromatic rings. The molecule has 7 heteroatoms. The van der Waals surface area contributed by atoms with Crippen LogP contribution in [0.5, 0.6) is 5.75 Å². The minimum absolute atomic E-state index is 0. The van der Waals surface area contributed by atoms with E-state index >= 15 is 0 Å². The van der Waals surface area contributed by atoms with Crippen LogP contribution in [0.4, 0.5) is 5.69 Å². The summed E-state index contributed by atoms with van der Waals surface area (Å²) in [4.78, 5) is 9.98. The Balaban J connectivity index is 0.00000196. The molecule has 0 saturated carbocycles. The van der Waals surface area contributed by atoms with Crippen molar-refractivity contribution >= 4 is 34.0 Å². The zero-order valence-corrected chi connectivity index (χ0v) is 10.1. The molecule has 0 unspecified atom stereocenters. The first kappa shape index (κ1) is 14.2. The van der Waals surface area contributed by atoms with Crippen LogP contribution in [-0.4, -0.2) is 18.1 Å². The second-order valence-corrected chi connectivity index (χ2v) is 3.36. The second-order valence-electron chi connectivity index (χ2n) is 2.51. The van der Waals surface area contributed by atoms with Gasteiger partial charge in [0.25, 0.3) is 5.69 Å². The third-order valence-electron chi connectivity index (χ3n) is 1.50. The van der Waals surface area contributed by atoms with Crippen molar-refractivity contribution in [2.24, 2.45) is 5.73 Å². The van der Waals surface area contributed by atoms with E-state index in [1.54, 1.807) is 6.07 Å². The minimum Gasteiger partial charge on any atom is -0.491 e. The highest BCUT2D eigenvalue weighted by atomic mass is 79.9. The van der Waals surface area contributed by atoms with E-state index < -0.39 is 4.92 Å². The maximum absolute atomic E-state index is 10.4. The molecular formula is C8H10BrClN2O3. The highest BCUT2D eigenvalue weighted by Crippen LogP contribution is 2.28. The molecule has 0 amide bonds. The first-order valence-electron chi connectivity index (χ1n) is 3.92. The van der Waals surface area contributed by atoms with E-state index in [0.717, 1.165) is 0 Å². The predicted molar refractivity (Wildman–Crippen MR) is 62.6 cm³/mol. The van der Waals surface area contributed by atoms with Crippen molar-refractivity contribution in [3.63, 3.8) is 0 Å². The molecule has 0 spiro atoms. The van der Waals surface area contributed by atoms with Crippen molar-refractivity contribution in [1.29, 1.82) is 0 Å². The molecule has 0 saturated heterocycles. The molecule has 0 aromatic heterocycles. The number of nitro groups is 1. The maximum atomic E-state index is 10.4. The van der Waals surface area contributed by atoms with Crippen LogP contribution in [0.3, 0.4) is 0 Å². The van der Waals surface area contributed by atoms with Crippen LogP contribution in [0.2, 0.25) is 0 Å². The number of nitrogens with zero attached hydrogens (tertiary/aromatic N) is 1. The topological polar surface area (TPSA) is 78.4 Å². The molecule has 0 bridgehead atoms. The van der Waals surface area contributed by atoms with Gasteiger partial charge in [-0.2, -0.15) is 0 Å². The van der Waals surface area contributed by atoms with E-state index in [-0.39, 0.29) is 18.1 Å². The molecule has 5 nitrogen and oxygen atoms in total. The van der Waals surface area contributed by atoms with Gasteiger partial charge in [-0.05, 0) is 22.0 Å². The van der Waals surface area contributed by atoms with Crippen molar-refractivity contribution in [2.45, 2.75) is 0 Å². The minimum atomic E-state index is -0.470. The molecule has 0 atom stereocenters. The van der Waals surface area contributed by atoms with Crippen LogP contribution in [-0.2, 0) is 0 Å². The van der Waals surface area contributed by atoms with Crippen LogP contribution >= 0.6 is 28.3 Å². The first-order chi connectivity index (χ1) is 6.65. The molecular weight excluding hydrogens is 287 g/mol. The van der Waals surface area contributed by atoms with Gasteiger partial charge in [0.2, 0.25) is 0 Å². The van der Waals surface area contributed by atoms with E-state index in [1.807, 2.05) is 0 Å². The zero-order chi connectivity index (χ0) is 10.6. The summed E-state index contributed by atoms with van der Waals surface area (Å²) in [6, 6.07) is 4.34. The van der Waals surface area contributed by atoms with E-state index in [1.165, 1.54) is 12.1 Å². The van der Waals surface area contributed by atoms with Crippen molar-refractivity contribution in [3.05, 3.63) is 32.8 Å². The normalized spacial score (nSPS) is 9.20. The zero-order valence-electron chi connectivity index (χ0n) is 7.68. The Morgan fingerprint density at radius 3 is 2.73 bits per heavy atom. The molecule has 0 aliphatic rings. The monoisotopic (exact) mass is 296 g/mol.